The van der Waals surface area contributed by atoms with Gasteiger partial charge in [0.05, 0.1) is 12.6 Å². The first-order valence-electron chi connectivity index (χ1n) is 4.37. The number of hydrogen-bond donors (Lipinski definition) is 1. The molecule has 2 rings (SSSR count). The van der Waals surface area contributed by atoms with Crippen LogP contribution in [-0.4, -0.2) is 26.0 Å². The van der Waals surface area contributed by atoms with E-state index in [0.29, 0.717) is 12.5 Å². The average Bonchev–Trinajstić information content (AvgIpc) is 2.34. The Morgan fingerprint density at radius 3 is 2.58 bits per heavy atom. The SMILES string of the molecule is OC(Cn1cnnc1)C1CCC1. The molecule has 1 aromatic heterocycles. The number of rotatable bonds is 3. The van der Waals surface area contributed by atoms with Crippen molar-refractivity contribution in [2.45, 2.75) is 31.9 Å². The van der Waals surface area contributed by atoms with Crippen molar-refractivity contribution in [2.24, 2.45) is 5.92 Å². The Morgan fingerprint density at radius 2 is 2.08 bits per heavy atom. The van der Waals surface area contributed by atoms with E-state index in [0.717, 1.165) is 0 Å². The standard InChI is InChI=1S/C8H13N3O/c12-8(7-2-1-3-7)4-11-5-9-10-6-11/h5-8,12H,1-4H2. The van der Waals surface area contributed by atoms with E-state index in [2.05, 4.69) is 10.2 Å². The van der Waals surface area contributed by atoms with E-state index in [9.17, 15) is 5.11 Å². The van der Waals surface area contributed by atoms with Crippen molar-refractivity contribution >= 4 is 0 Å². The predicted octanol–water partition coefficient (Wildman–Crippen LogP) is 0.439. The Hall–Kier alpha value is -0.900. The van der Waals surface area contributed by atoms with Gasteiger partial charge >= 0.3 is 0 Å². The first-order chi connectivity index (χ1) is 5.86. The molecule has 4 nitrogen and oxygen atoms in total. The Kier molecular flexibility index (Phi) is 2.08. The van der Waals surface area contributed by atoms with Crippen LogP contribution in [0.4, 0.5) is 0 Å². The lowest BCUT2D eigenvalue weighted by Gasteiger charge is -2.30. The molecule has 0 radical (unpaired) electrons. The van der Waals surface area contributed by atoms with Crippen LogP contribution in [-0.2, 0) is 6.54 Å². The third-order valence-corrected chi connectivity index (χ3v) is 2.56. The fourth-order valence-corrected chi connectivity index (χ4v) is 1.51. The van der Waals surface area contributed by atoms with Gasteiger partial charge in [-0.1, -0.05) is 6.42 Å². The van der Waals surface area contributed by atoms with Crippen molar-refractivity contribution in [3.8, 4) is 0 Å². The van der Waals surface area contributed by atoms with Crippen LogP contribution in [0.15, 0.2) is 12.7 Å². The summed E-state index contributed by atoms with van der Waals surface area (Å²) in [7, 11) is 0. The summed E-state index contributed by atoms with van der Waals surface area (Å²) >= 11 is 0. The van der Waals surface area contributed by atoms with E-state index in [-0.39, 0.29) is 6.10 Å². The molecule has 4 heteroatoms. The molecular formula is C8H13N3O. The minimum Gasteiger partial charge on any atom is -0.391 e. The minimum absolute atomic E-state index is 0.213. The fourth-order valence-electron chi connectivity index (χ4n) is 1.51. The fraction of sp³-hybridized carbons (Fsp3) is 0.750. The van der Waals surface area contributed by atoms with E-state index in [1.54, 1.807) is 12.7 Å². The molecule has 1 unspecified atom stereocenters. The molecule has 1 atom stereocenters. The van der Waals surface area contributed by atoms with Gasteiger partial charge in [0.2, 0.25) is 0 Å². The topological polar surface area (TPSA) is 50.9 Å². The van der Waals surface area contributed by atoms with E-state index in [1.807, 2.05) is 4.57 Å². The molecular weight excluding hydrogens is 154 g/mol. The molecule has 0 saturated heterocycles. The molecule has 12 heavy (non-hydrogen) atoms. The van der Waals surface area contributed by atoms with Crippen molar-refractivity contribution in [3.63, 3.8) is 0 Å². The van der Waals surface area contributed by atoms with Gasteiger partial charge in [-0.3, -0.25) is 0 Å². The summed E-state index contributed by atoms with van der Waals surface area (Å²) in [6.07, 6.45) is 6.68. The minimum atomic E-state index is -0.213. The summed E-state index contributed by atoms with van der Waals surface area (Å²) in [6.45, 7) is 0.637. The number of hydrogen-bond acceptors (Lipinski definition) is 3. The normalized spacial score (nSPS) is 20.4. The Bertz CT molecular complexity index is 230. The van der Waals surface area contributed by atoms with Gasteiger partial charge in [0.15, 0.2) is 0 Å². The molecule has 0 aromatic carbocycles. The molecule has 66 valence electrons. The van der Waals surface area contributed by atoms with Gasteiger partial charge in [-0.2, -0.15) is 0 Å². The number of aromatic nitrogens is 3. The molecule has 1 saturated carbocycles. The molecule has 1 N–H and O–H groups in total. The summed E-state index contributed by atoms with van der Waals surface area (Å²) in [6, 6.07) is 0. The molecule has 1 heterocycles. The van der Waals surface area contributed by atoms with Gasteiger partial charge in [-0.05, 0) is 18.8 Å². The maximum Gasteiger partial charge on any atom is 0.119 e. The highest BCUT2D eigenvalue weighted by molar-refractivity contribution is 4.78. The molecule has 1 aliphatic rings. The lowest BCUT2D eigenvalue weighted by atomic mass is 9.81. The summed E-state index contributed by atoms with van der Waals surface area (Å²) < 4.78 is 1.82. The van der Waals surface area contributed by atoms with Crippen LogP contribution in [0.3, 0.4) is 0 Å². The largest absolute Gasteiger partial charge is 0.391 e. The van der Waals surface area contributed by atoms with Crippen molar-refractivity contribution in [2.75, 3.05) is 0 Å². The molecule has 1 aromatic rings. The third kappa shape index (κ3) is 1.48. The van der Waals surface area contributed by atoms with Crippen molar-refractivity contribution in [3.05, 3.63) is 12.7 Å². The van der Waals surface area contributed by atoms with Crippen LogP contribution in [0.1, 0.15) is 19.3 Å². The lowest BCUT2D eigenvalue weighted by molar-refractivity contribution is 0.0487. The Morgan fingerprint density at radius 1 is 1.42 bits per heavy atom. The highest BCUT2D eigenvalue weighted by atomic mass is 16.3. The molecule has 0 aliphatic heterocycles. The average molecular weight is 167 g/mol. The van der Waals surface area contributed by atoms with Gasteiger partial charge in [-0.15, -0.1) is 10.2 Å². The second-order valence-corrected chi connectivity index (χ2v) is 3.42. The van der Waals surface area contributed by atoms with E-state index in [4.69, 9.17) is 0 Å². The lowest BCUT2D eigenvalue weighted by Crippen LogP contribution is -2.30. The quantitative estimate of drug-likeness (QED) is 0.710. The summed E-state index contributed by atoms with van der Waals surface area (Å²) in [4.78, 5) is 0. The van der Waals surface area contributed by atoms with Crippen molar-refractivity contribution < 1.29 is 5.11 Å². The number of aliphatic hydroxyl groups is 1. The zero-order valence-electron chi connectivity index (χ0n) is 6.93. The zero-order valence-corrected chi connectivity index (χ0v) is 6.93. The first-order valence-corrected chi connectivity index (χ1v) is 4.37. The second-order valence-electron chi connectivity index (χ2n) is 3.42. The van der Waals surface area contributed by atoms with Gasteiger partial charge in [0, 0.05) is 0 Å². The van der Waals surface area contributed by atoms with Crippen molar-refractivity contribution in [1.82, 2.24) is 14.8 Å². The van der Waals surface area contributed by atoms with Crippen LogP contribution in [0.2, 0.25) is 0 Å². The van der Waals surface area contributed by atoms with Crippen LogP contribution in [0.5, 0.6) is 0 Å². The number of nitrogens with zero attached hydrogens (tertiary/aromatic N) is 3. The van der Waals surface area contributed by atoms with Crippen LogP contribution in [0.25, 0.3) is 0 Å². The summed E-state index contributed by atoms with van der Waals surface area (Å²) in [5.41, 5.74) is 0. The molecule has 1 aliphatic carbocycles. The molecule has 1 fully saturated rings. The van der Waals surface area contributed by atoms with E-state index >= 15 is 0 Å². The van der Waals surface area contributed by atoms with Crippen LogP contribution < -0.4 is 0 Å². The molecule has 0 bridgehead atoms. The maximum atomic E-state index is 9.66. The van der Waals surface area contributed by atoms with Gasteiger partial charge < -0.3 is 9.67 Å². The van der Waals surface area contributed by atoms with Gasteiger partial charge in [0.25, 0.3) is 0 Å². The predicted molar refractivity (Wildman–Crippen MR) is 43.4 cm³/mol. The second kappa shape index (κ2) is 3.23. The highest BCUT2D eigenvalue weighted by Gasteiger charge is 2.25. The van der Waals surface area contributed by atoms with Crippen molar-refractivity contribution in [1.29, 1.82) is 0 Å². The van der Waals surface area contributed by atoms with Gasteiger partial charge in [0.1, 0.15) is 12.7 Å². The first kappa shape index (κ1) is 7.73. The van der Waals surface area contributed by atoms with E-state index in [1.165, 1.54) is 19.3 Å². The molecule has 0 amide bonds. The smallest absolute Gasteiger partial charge is 0.119 e. The van der Waals surface area contributed by atoms with E-state index < -0.39 is 0 Å². The summed E-state index contributed by atoms with van der Waals surface area (Å²) in [5.74, 6) is 0.507. The monoisotopic (exact) mass is 167 g/mol. The van der Waals surface area contributed by atoms with Crippen LogP contribution in [0, 0.1) is 5.92 Å². The Balaban J connectivity index is 1.86. The molecule has 0 spiro atoms. The zero-order chi connectivity index (χ0) is 8.39. The highest BCUT2D eigenvalue weighted by Crippen LogP contribution is 2.29. The van der Waals surface area contributed by atoms with Crippen LogP contribution >= 0.6 is 0 Å². The Labute approximate surface area is 71.2 Å². The summed E-state index contributed by atoms with van der Waals surface area (Å²) in [5, 5.41) is 17.0. The van der Waals surface area contributed by atoms with Gasteiger partial charge in [-0.25, -0.2) is 0 Å². The number of aliphatic hydroxyl groups excluding tert-OH is 1. The maximum absolute atomic E-state index is 9.66. The third-order valence-electron chi connectivity index (χ3n) is 2.56.